The molecule has 1 amide bonds. The summed E-state index contributed by atoms with van der Waals surface area (Å²) in [5.74, 6) is -0.762. The average Bonchev–Trinajstić information content (AvgIpc) is 2.73. The fourth-order valence-electron chi connectivity index (χ4n) is 3.20. The largest absolute Gasteiger partial charge is 0.340 e. The van der Waals surface area contributed by atoms with Gasteiger partial charge >= 0.3 is 0 Å². The fourth-order valence-corrected chi connectivity index (χ4v) is 3.20. The summed E-state index contributed by atoms with van der Waals surface area (Å²) in [6.45, 7) is 0. The van der Waals surface area contributed by atoms with E-state index in [4.69, 9.17) is 0 Å². The number of aromatic amines is 1. The minimum absolute atomic E-state index is 0.173. The molecule has 0 bridgehead atoms. The van der Waals surface area contributed by atoms with Crippen molar-refractivity contribution in [3.63, 3.8) is 0 Å². The van der Waals surface area contributed by atoms with E-state index in [9.17, 15) is 14.0 Å². The number of carbonyl (C=O) groups is 1. The van der Waals surface area contributed by atoms with Crippen LogP contribution in [0.15, 0.2) is 89.7 Å². The molecule has 0 aliphatic rings. The first-order valence-corrected chi connectivity index (χ1v) is 8.85. The summed E-state index contributed by atoms with van der Waals surface area (Å²) in [6.07, 6.45) is 0. The number of benzene rings is 3. The number of pyridine rings is 1. The quantitative estimate of drug-likeness (QED) is 0.564. The third-order valence-electron chi connectivity index (χ3n) is 4.61. The van der Waals surface area contributed by atoms with E-state index in [-0.39, 0.29) is 17.1 Å². The Morgan fingerprint density at radius 2 is 1.50 bits per heavy atom. The highest BCUT2D eigenvalue weighted by Crippen LogP contribution is 2.23. The van der Waals surface area contributed by atoms with Crippen molar-refractivity contribution in [2.45, 2.75) is 6.04 Å². The highest BCUT2D eigenvalue weighted by atomic mass is 19.1. The van der Waals surface area contributed by atoms with Crippen LogP contribution >= 0.6 is 0 Å². The molecule has 2 N–H and O–H groups in total. The van der Waals surface area contributed by atoms with Gasteiger partial charge in [0.25, 0.3) is 11.5 Å². The van der Waals surface area contributed by atoms with Crippen LogP contribution in [0.1, 0.15) is 27.7 Å². The summed E-state index contributed by atoms with van der Waals surface area (Å²) in [5.41, 5.74) is 1.45. The molecule has 4 nitrogen and oxygen atoms in total. The number of amides is 1. The molecule has 0 saturated heterocycles. The van der Waals surface area contributed by atoms with Gasteiger partial charge in [0.05, 0.1) is 6.04 Å². The van der Waals surface area contributed by atoms with E-state index >= 15 is 0 Å². The van der Waals surface area contributed by atoms with Crippen LogP contribution in [0.2, 0.25) is 0 Å². The molecule has 0 spiro atoms. The number of fused-ring (bicyclic) bond motifs is 1. The van der Waals surface area contributed by atoms with E-state index in [0.717, 1.165) is 11.1 Å². The van der Waals surface area contributed by atoms with E-state index in [1.165, 1.54) is 12.1 Å². The van der Waals surface area contributed by atoms with Crippen LogP contribution in [-0.2, 0) is 0 Å². The summed E-state index contributed by atoms with van der Waals surface area (Å²) in [6, 6.07) is 23.6. The minimum Gasteiger partial charge on any atom is -0.340 e. The SMILES string of the molecule is O=C(NC(c1ccccc1)c1ccc(F)cc1)c1cc2ccccc2c(=O)[nH]1. The van der Waals surface area contributed by atoms with Crippen molar-refractivity contribution in [3.8, 4) is 0 Å². The molecule has 4 rings (SSSR count). The monoisotopic (exact) mass is 372 g/mol. The van der Waals surface area contributed by atoms with Crippen molar-refractivity contribution in [1.82, 2.24) is 10.3 Å². The highest BCUT2D eigenvalue weighted by Gasteiger charge is 2.19. The maximum atomic E-state index is 13.3. The summed E-state index contributed by atoms with van der Waals surface area (Å²) < 4.78 is 13.3. The first-order chi connectivity index (χ1) is 13.6. The van der Waals surface area contributed by atoms with Gasteiger partial charge in [0, 0.05) is 5.39 Å². The normalized spacial score (nSPS) is 11.9. The molecular weight excluding hydrogens is 355 g/mol. The van der Waals surface area contributed by atoms with Crippen molar-refractivity contribution >= 4 is 16.7 Å². The van der Waals surface area contributed by atoms with Crippen LogP contribution in [0.4, 0.5) is 4.39 Å². The number of aromatic nitrogens is 1. The average molecular weight is 372 g/mol. The highest BCUT2D eigenvalue weighted by molar-refractivity contribution is 5.96. The lowest BCUT2D eigenvalue weighted by atomic mass is 9.98. The Morgan fingerprint density at radius 3 is 2.25 bits per heavy atom. The van der Waals surface area contributed by atoms with Gasteiger partial charge in [0.2, 0.25) is 0 Å². The number of hydrogen-bond acceptors (Lipinski definition) is 2. The summed E-state index contributed by atoms with van der Waals surface area (Å²) in [5, 5.41) is 4.16. The number of carbonyl (C=O) groups excluding carboxylic acids is 1. The molecule has 4 aromatic rings. The Labute approximate surface area is 160 Å². The molecule has 0 saturated carbocycles. The predicted octanol–water partition coefficient (Wildman–Crippen LogP) is 4.19. The van der Waals surface area contributed by atoms with Gasteiger partial charge in [0.1, 0.15) is 11.5 Å². The first-order valence-electron chi connectivity index (χ1n) is 8.85. The second kappa shape index (κ2) is 7.48. The van der Waals surface area contributed by atoms with E-state index in [2.05, 4.69) is 10.3 Å². The molecule has 5 heteroatoms. The Morgan fingerprint density at radius 1 is 0.857 bits per heavy atom. The zero-order valence-electron chi connectivity index (χ0n) is 14.9. The Kier molecular flexibility index (Phi) is 4.72. The number of nitrogens with one attached hydrogen (secondary N) is 2. The molecule has 0 fully saturated rings. The smallest absolute Gasteiger partial charge is 0.268 e. The van der Waals surface area contributed by atoms with Gasteiger partial charge in [-0.05, 0) is 40.8 Å². The molecule has 0 aliphatic carbocycles. The van der Waals surface area contributed by atoms with Crippen LogP contribution in [0.25, 0.3) is 10.8 Å². The summed E-state index contributed by atoms with van der Waals surface area (Å²) in [4.78, 5) is 27.8. The van der Waals surface area contributed by atoms with E-state index in [0.29, 0.717) is 10.8 Å². The predicted molar refractivity (Wildman–Crippen MR) is 107 cm³/mol. The number of H-pyrrole nitrogens is 1. The van der Waals surface area contributed by atoms with Crippen molar-refractivity contribution in [2.24, 2.45) is 0 Å². The number of hydrogen-bond donors (Lipinski definition) is 2. The van der Waals surface area contributed by atoms with Gasteiger partial charge in [-0.15, -0.1) is 0 Å². The van der Waals surface area contributed by atoms with Crippen molar-refractivity contribution < 1.29 is 9.18 Å². The van der Waals surface area contributed by atoms with E-state index < -0.39 is 11.9 Å². The van der Waals surface area contributed by atoms with E-state index in [1.807, 2.05) is 36.4 Å². The zero-order chi connectivity index (χ0) is 19.5. The zero-order valence-corrected chi connectivity index (χ0v) is 14.9. The van der Waals surface area contributed by atoms with Gasteiger partial charge in [-0.3, -0.25) is 9.59 Å². The second-order valence-electron chi connectivity index (χ2n) is 6.47. The van der Waals surface area contributed by atoms with Gasteiger partial charge in [-0.25, -0.2) is 4.39 Å². The first kappa shape index (κ1) is 17.7. The number of halogens is 1. The molecule has 28 heavy (non-hydrogen) atoms. The Bertz CT molecular complexity index is 1180. The standard InChI is InChI=1S/C23H17FN2O2/c24-18-12-10-16(11-13-18)21(15-6-2-1-3-7-15)26-23(28)20-14-17-8-4-5-9-19(17)22(27)25-20/h1-14,21H,(H,25,27)(H,26,28). The van der Waals surface area contributed by atoms with Gasteiger partial charge in [0.15, 0.2) is 0 Å². The lowest BCUT2D eigenvalue weighted by Gasteiger charge is -2.20. The lowest BCUT2D eigenvalue weighted by molar-refractivity contribution is 0.0938. The molecule has 138 valence electrons. The van der Waals surface area contributed by atoms with Gasteiger partial charge < -0.3 is 10.3 Å². The van der Waals surface area contributed by atoms with Crippen molar-refractivity contribution in [1.29, 1.82) is 0 Å². The van der Waals surface area contributed by atoms with Crippen LogP contribution in [0.3, 0.4) is 0 Å². The van der Waals surface area contributed by atoms with Crippen LogP contribution in [0.5, 0.6) is 0 Å². The van der Waals surface area contributed by atoms with Gasteiger partial charge in [-0.1, -0.05) is 60.7 Å². The Hall–Kier alpha value is -3.73. The van der Waals surface area contributed by atoms with E-state index in [1.54, 1.807) is 36.4 Å². The Balaban J connectivity index is 1.71. The molecule has 0 radical (unpaired) electrons. The van der Waals surface area contributed by atoms with Crippen LogP contribution in [-0.4, -0.2) is 10.9 Å². The van der Waals surface area contributed by atoms with Crippen molar-refractivity contribution in [2.75, 3.05) is 0 Å². The maximum Gasteiger partial charge on any atom is 0.268 e. The van der Waals surface area contributed by atoms with Crippen LogP contribution < -0.4 is 10.9 Å². The van der Waals surface area contributed by atoms with Gasteiger partial charge in [-0.2, -0.15) is 0 Å². The molecule has 1 aromatic heterocycles. The molecule has 1 atom stereocenters. The van der Waals surface area contributed by atoms with Crippen LogP contribution in [0, 0.1) is 5.82 Å². The topological polar surface area (TPSA) is 62.0 Å². The number of rotatable bonds is 4. The third-order valence-corrected chi connectivity index (χ3v) is 4.61. The maximum absolute atomic E-state index is 13.3. The molecule has 0 aliphatic heterocycles. The summed E-state index contributed by atoms with van der Waals surface area (Å²) in [7, 11) is 0. The lowest BCUT2D eigenvalue weighted by Crippen LogP contribution is -2.31. The molecule has 1 heterocycles. The van der Waals surface area contributed by atoms with Crippen molar-refractivity contribution in [3.05, 3.63) is 118 Å². The summed E-state index contributed by atoms with van der Waals surface area (Å²) >= 11 is 0. The third kappa shape index (κ3) is 3.55. The fraction of sp³-hybridized carbons (Fsp3) is 0.0435. The second-order valence-corrected chi connectivity index (χ2v) is 6.47. The molecular formula is C23H17FN2O2. The molecule has 3 aromatic carbocycles. The molecule has 1 unspecified atom stereocenters. The minimum atomic E-state index is -0.482.